The first-order valence-electron chi connectivity index (χ1n) is 37.3. The summed E-state index contributed by atoms with van der Waals surface area (Å²) in [6.45, 7) is 57.7. The maximum absolute atomic E-state index is 2.49. The van der Waals surface area contributed by atoms with E-state index in [0.29, 0.717) is 59.2 Å². The smallest absolute Gasteiger partial charge is 0 e. The molecule has 5 aromatic rings. The Hall–Kier alpha value is -0.458. The molecule has 0 aliphatic heterocycles. The molecule has 0 saturated heterocycles. The van der Waals surface area contributed by atoms with Gasteiger partial charge in [0.25, 0.3) is 0 Å². The van der Waals surface area contributed by atoms with Gasteiger partial charge in [0.05, 0.1) is 0 Å². The third-order valence-electron chi connectivity index (χ3n) is 18.5. The molecule has 0 heterocycles. The maximum atomic E-state index is 2.49. The molecule has 97 heavy (non-hydrogen) atoms. The molecule has 5 unspecified atom stereocenters. The first kappa shape index (κ1) is 110. The topological polar surface area (TPSA) is 0 Å². The van der Waals surface area contributed by atoms with Crippen molar-refractivity contribution in [1.82, 2.24) is 0 Å². The molecule has 0 N–H and O–H groups in total. The summed E-state index contributed by atoms with van der Waals surface area (Å²) in [6.07, 6.45) is 30.4. The van der Waals surface area contributed by atoms with Gasteiger partial charge in [-0.1, -0.05) is 339 Å². The molecule has 5 rings (SSSR count). The van der Waals surface area contributed by atoms with Crippen molar-refractivity contribution < 1.29 is 105 Å². The Morgan fingerprint density at radius 2 is 0.330 bits per heavy atom. The van der Waals surface area contributed by atoms with Gasteiger partial charge < -0.3 is 32.1 Å². The van der Waals surface area contributed by atoms with Crippen molar-refractivity contribution in [3.05, 3.63) is 209 Å². The van der Waals surface area contributed by atoms with E-state index >= 15 is 0 Å². The van der Waals surface area contributed by atoms with E-state index in [4.69, 9.17) is 0 Å². The summed E-state index contributed by atoms with van der Waals surface area (Å²) in [5, 5.41) is 0. The van der Waals surface area contributed by atoms with Crippen LogP contribution in [-0.2, 0) is 137 Å². The Morgan fingerprint density at radius 3 is 0.433 bits per heavy atom. The van der Waals surface area contributed by atoms with Gasteiger partial charge in [-0.3, -0.25) is 0 Å². The van der Waals surface area contributed by atoms with Gasteiger partial charge >= 0.3 is 0 Å². The molecule has 0 radical (unpaired) electrons. The Kier molecular flexibility index (Phi) is 73.8. The molecule has 0 aliphatic rings. The zero-order valence-electron chi connectivity index (χ0n) is 65.3. The van der Waals surface area contributed by atoms with Crippen LogP contribution in [0.1, 0.15) is 337 Å². The summed E-state index contributed by atoms with van der Waals surface area (Å²) in [7, 11) is 0. The number of aryl methyl sites for hydroxylation is 5. The van der Waals surface area contributed by atoms with E-state index < -0.39 is 0 Å². The minimum absolute atomic E-state index is 0. The molecule has 0 nitrogen and oxygen atoms in total. The fourth-order valence-corrected chi connectivity index (χ4v) is 12.9. The fourth-order valence-electron chi connectivity index (χ4n) is 12.9. The van der Waals surface area contributed by atoms with Crippen molar-refractivity contribution in [2.45, 2.75) is 314 Å². The number of hydrogen-bond donors (Lipinski definition) is 0. The van der Waals surface area contributed by atoms with E-state index in [1.54, 1.807) is 27.8 Å². The molecule has 5 aromatic carbocycles. The van der Waals surface area contributed by atoms with Crippen molar-refractivity contribution in [3.8, 4) is 0 Å². The van der Waals surface area contributed by atoms with Crippen LogP contribution in [0.15, 0.2) is 121 Å². The molecule has 0 aliphatic carbocycles. The van der Waals surface area contributed by atoms with Crippen molar-refractivity contribution in [1.29, 1.82) is 0 Å². The molecule has 0 fully saturated rings. The third kappa shape index (κ3) is 46.2. The number of rotatable bonds is 35. The summed E-state index contributed by atoms with van der Waals surface area (Å²) in [5.74, 6) is 10.8. The van der Waals surface area contributed by atoms with Gasteiger partial charge in [-0.2, -0.15) is 64.2 Å². The van der Waals surface area contributed by atoms with E-state index in [2.05, 4.69) is 327 Å². The van der Waals surface area contributed by atoms with E-state index in [0.717, 1.165) is 61.7 Å². The van der Waals surface area contributed by atoms with Crippen molar-refractivity contribution in [2.24, 2.45) is 59.2 Å². The Balaban J connectivity index is -0.000000205. The van der Waals surface area contributed by atoms with E-state index in [-0.39, 0.29) is 120 Å². The van der Waals surface area contributed by atoms with E-state index in [1.807, 2.05) is 0 Å². The van der Waals surface area contributed by atoms with Crippen LogP contribution in [0.4, 0.5) is 0 Å². The molecular formula is C92H153Pt5-5. The van der Waals surface area contributed by atoms with Gasteiger partial charge in [0.1, 0.15) is 0 Å². The van der Waals surface area contributed by atoms with Crippen LogP contribution in [-0.4, -0.2) is 0 Å². The molecule has 5 heteroatoms. The SMILES string of the molecule is C.C.CCc1ccccc1C(C[CH-]CC(C)C)C(C)C.CCc1ccccc1C(C[CH-]CC(C)C)C(C)C.CCc1ccccc1C(C[CH-]CC(C)C)C(C)C.CCc1ccccc1C(C[CH-]CC(C)C)C(C)C.CCc1ccccc1C(C[CH-]CC(C)C)C(C)C.[Pt].[Pt].[Pt].[Pt].[Pt]. The number of benzene rings is 5. The second-order valence-electron chi connectivity index (χ2n) is 30.3. The van der Waals surface area contributed by atoms with Crippen LogP contribution in [0.5, 0.6) is 0 Å². The zero-order valence-corrected chi connectivity index (χ0v) is 76.6. The molecule has 576 valence electrons. The first-order valence-corrected chi connectivity index (χ1v) is 37.3. The second-order valence-corrected chi connectivity index (χ2v) is 30.3. The average molecular weight is 2230 g/mol. The summed E-state index contributed by atoms with van der Waals surface area (Å²) in [6, 6.07) is 44.8. The molecule has 0 amide bonds. The predicted molar refractivity (Wildman–Crippen MR) is 422 cm³/mol. The zero-order chi connectivity index (χ0) is 67.7. The fraction of sp³-hybridized carbons (Fsp3) is 0.620. The predicted octanol–water partition coefficient (Wildman–Crippen LogP) is 29.4. The molecule has 0 saturated carbocycles. The Morgan fingerprint density at radius 1 is 0.206 bits per heavy atom. The standard InChI is InChI=1S/5C18H29.2CH4.5Pt/c5*1-6-16-11-7-8-12-18(16)17(15(4)5)13-9-10-14(2)3;;;;;;;/h5*7-9,11-12,14-15,17H,6,10,13H2,1-5H3;2*1H4;;;;;/q5*-1;;;;;;;. The van der Waals surface area contributed by atoms with E-state index in [1.165, 1.54) is 92.0 Å². The van der Waals surface area contributed by atoms with Crippen LogP contribution in [0, 0.1) is 91.3 Å². The molecule has 0 bridgehead atoms. The minimum atomic E-state index is 0. The van der Waals surface area contributed by atoms with Crippen LogP contribution < -0.4 is 0 Å². The normalized spacial score (nSPS) is 12.3. The van der Waals surface area contributed by atoms with Gasteiger partial charge in [-0.15, -0.1) is 0 Å². The molecular weight excluding hydrogens is 2080 g/mol. The second kappa shape index (κ2) is 65.1. The molecule has 0 aromatic heterocycles. The molecule has 5 atom stereocenters. The number of hydrogen-bond acceptors (Lipinski definition) is 0. The van der Waals surface area contributed by atoms with Crippen molar-refractivity contribution in [3.63, 3.8) is 0 Å². The average Bonchev–Trinajstić information content (AvgIpc) is 0.926. The first-order chi connectivity index (χ1) is 42.8. The van der Waals surface area contributed by atoms with Gasteiger partial charge in [0, 0.05) is 105 Å². The summed E-state index contributed by atoms with van der Waals surface area (Å²) in [5.41, 5.74) is 15.4. The molecule has 0 spiro atoms. The van der Waals surface area contributed by atoms with Gasteiger partial charge in [-0.25, -0.2) is 0 Å². The Labute approximate surface area is 680 Å². The van der Waals surface area contributed by atoms with Crippen LogP contribution in [0.3, 0.4) is 0 Å². The summed E-state index contributed by atoms with van der Waals surface area (Å²) >= 11 is 0. The van der Waals surface area contributed by atoms with Crippen molar-refractivity contribution in [2.75, 3.05) is 0 Å². The quantitative estimate of drug-likeness (QED) is 0.0355. The van der Waals surface area contributed by atoms with Crippen LogP contribution >= 0.6 is 0 Å². The van der Waals surface area contributed by atoms with Crippen LogP contribution in [0.2, 0.25) is 0 Å². The monoisotopic (exact) mass is 2230 g/mol. The van der Waals surface area contributed by atoms with Gasteiger partial charge in [0.15, 0.2) is 0 Å². The van der Waals surface area contributed by atoms with Crippen molar-refractivity contribution >= 4 is 0 Å². The maximum Gasteiger partial charge on any atom is 0 e. The summed E-state index contributed by atoms with van der Waals surface area (Å²) in [4.78, 5) is 0. The Bertz CT molecular complexity index is 2110. The van der Waals surface area contributed by atoms with Gasteiger partial charge in [-0.05, 0) is 147 Å². The largest absolute Gasteiger partial charge is 0.328 e. The minimum Gasteiger partial charge on any atom is -0.328 e. The van der Waals surface area contributed by atoms with E-state index in [9.17, 15) is 0 Å². The third-order valence-corrected chi connectivity index (χ3v) is 18.5. The van der Waals surface area contributed by atoms with Crippen LogP contribution in [0.25, 0.3) is 0 Å². The summed E-state index contributed by atoms with van der Waals surface area (Å²) < 4.78 is 0. The van der Waals surface area contributed by atoms with Gasteiger partial charge in [0.2, 0.25) is 0 Å².